The Balaban J connectivity index is 3.31. The summed E-state index contributed by atoms with van der Waals surface area (Å²) < 4.78 is 43.8. The number of ether oxygens (including phenoxy) is 1. The van der Waals surface area contributed by atoms with Crippen LogP contribution in [0.2, 0.25) is 5.02 Å². The molecule has 19 heavy (non-hydrogen) atoms. The van der Waals surface area contributed by atoms with Gasteiger partial charge in [-0.05, 0) is 17.7 Å². The number of esters is 1. The van der Waals surface area contributed by atoms with Gasteiger partial charge in [0.25, 0.3) is 0 Å². The Morgan fingerprint density at radius 1 is 1.21 bits per heavy atom. The highest BCUT2D eigenvalue weighted by atomic mass is 35.5. The van der Waals surface area contributed by atoms with E-state index >= 15 is 0 Å². The van der Waals surface area contributed by atoms with Crippen LogP contribution in [0.25, 0.3) is 0 Å². The summed E-state index contributed by atoms with van der Waals surface area (Å²) in [6, 6.07) is 5.69. The lowest BCUT2D eigenvalue weighted by atomic mass is 9.74. The number of benzene rings is 1. The van der Waals surface area contributed by atoms with E-state index in [9.17, 15) is 18.0 Å². The Kier molecular flexibility index (Phi) is 4.50. The van der Waals surface area contributed by atoms with Gasteiger partial charge in [0.2, 0.25) is 0 Å². The highest BCUT2D eigenvalue weighted by Gasteiger charge is 2.55. The zero-order chi connectivity index (χ0) is 14.8. The Morgan fingerprint density at radius 3 is 2.05 bits per heavy atom. The first-order valence-electron chi connectivity index (χ1n) is 5.51. The van der Waals surface area contributed by atoms with Crippen LogP contribution in [0.1, 0.15) is 25.3 Å². The molecule has 0 aromatic heterocycles. The second kappa shape index (κ2) is 5.41. The minimum absolute atomic E-state index is 0.221. The molecule has 1 atom stereocenters. The van der Waals surface area contributed by atoms with E-state index in [0.29, 0.717) is 5.02 Å². The first kappa shape index (κ1) is 15.8. The van der Waals surface area contributed by atoms with Gasteiger partial charge in [-0.25, -0.2) is 0 Å². The second-order valence-corrected chi connectivity index (χ2v) is 5.16. The quantitative estimate of drug-likeness (QED) is 0.782. The minimum atomic E-state index is -4.54. The Labute approximate surface area is 114 Å². The van der Waals surface area contributed by atoms with Gasteiger partial charge in [0.15, 0.2) is 0 Å². The molecular weight excluding hydrogens is 281 g/mol. The molecule has 0 N–H and O–H groups in total. The van der Waals surface area contributed by atoms with Gasteiger partial charge in [-0.2, -0.15) is 13.2 Å². The van der Waals surface area contributed by atoms with Crippen LogP contribution in [0.3, 0.4) is 0 Å². The Bertz CT molecular complexity index is 452. The number of halogens is 4. The average Bonchev–Trinajstić information content (AvgIpc) is 2.30. The fraction of sp³-hybridized carbons (Fsp3) is 0.462. The molecule has 1 unspecified atom stereocenters. The molecular formula is C13H14ClF3O2. The molecule has 1 rings (SSSR count). The molecule has 0 radical (unpaired) electrons. The van der Waals surface area contributed by atoms with Crippen LogP contribution in [0.4, 0.5) is 13.2 Å². The number of alkyl halides is 3. The summed E-state index contributed by atoms with van der Waals surface area (Å²) in [5, 5.41) is 0.386. The topological polar surface area (TPSA) is 26.3 Å². The van der Waals surface area contributed by atoms with Crippen molar-refractivity contribution >= 4 is 17.6 Å². The summed E-state index contributed by atoms with van der Waals surface area (Å²) in [6.07, 6.45) is -4.54. The van der Waals surface area contributed by atoms with Crippen molar-refractivity contribution in [2.24, 2.45) is 5.41 Å². The maximum Gasteiger partial charge on any atom is 0.395 e. The zero-order valence-corrected chi connectivity index (χ0v) is 11.5. The molecule has 0 spiro atoms. The van der Waals surface area contributed by atoms with Crippen molar-refractivity contribution < 1.29 is 22.7 Å². The Hall–Kier alpha value is -1.23. The van der Waals surface area contributed by atoms with Crippen LogP contribution in [0.15, 0.2) is 24.3 Å². The summed E-state index contributed by atoms with van der Waals surface area (Å²) in [6.45, 7) is 1.95. The van der Waals surface area contributed by atoms with E-state index in [-0.39, 0.29) is 5.56 Å². The summed E-state index contributed by atoms with van der Waals surface area (Å²) >= 11 is 5.70. The number of methoxy groups -OCH3 is 1. The third-order valence-corrected chi connectivity index (χ3v) is 3.34. The van der Waals surface area contributed by atoms with E-state index in [1.807, 2.05) is 0 Å². The fourth-order valence-electron chi connectivity index (χ4n) is 1.78. The maximum absolute atomic E-state index is 13.1. The third kappa shape index (κ3) is 3.21. The zero-order valence-electron chi connectivity index (χ0n) is 10.7. The van der Waals surface area contributed by atoms with Crippen LogP contribution in [-0.4, -0.2) is 19.3 Å². The standard InChI is InChI=1S/C13H14ClF3O2/c1-12(2,13(15,16)17)10(11(18)19-3)8-4-6-9(14)7-5-8/h4-7,10H,1-3H3. The van der Waals surface area contributed by atoms with Crippen molar-refractivity contribution in [3.05, 3.63) is 34.9 Å². The number of carbonyl (C=O) groups excluding carboxylic acids is 1. The maximum atomic E-state index is 13.1. The smallest absolute Gasteiger partial charge is 0.395 e. The number of hydrogen-bond acceptors (Lipinski definition) is 2. The predicted octanol–water partition coefficient (Wildman–Crippen LogP) is 4.19. The van der Waals surface area contributed by atoms with Crippen molar-refractivity contribution in [2.45, 2.75) is 25.9 Å². The molecule has 0 saturated carbocycles. The summed E-state index contributed by atoms with van der Waals surface area (Å²) in [5.74, 6) is -2.36. The van der Waals surface area contributed by atoms with Gasteiger partial charge in [0, 0.05) is 5.02 Å². The number of carbonyl (C=O) groups is 1. The van der Waals surface area contributed by atoms with Crippen molar-refractivity contribution in [1.29, 1.82) is 0 Å². The van der Waals surface area contributed by atoms with Crippen LogP contribution in [-0.2, 0) is 9.53 Å². The monoisotopic (exact) mass is 294 g/mol. The molecule has 0 heterocycles. The summed E-state index contributed by atoms with van der Waals surface area (Å²) in [7, 11) is 1.07. The molecule has 0 amide bonds. The predicted molar refractivity (Wildman–Crippen MR) is 66.0 cm³/mol. The molecule has 0 aliphatic rings. The number of hydrogen-bond donors (Lipinski definition) is 0. The molecule has 0 bridgehead atoms. The lowest BCUT2D eigenvalue weighted by molar-refractivity contribution is -0.223. The highest BCUT2D eigenvalue weighted by Crippen LogP contribution is 2.48. The molecule has 2 nitrogen and oxygen atoms in total. The third-order valence-electron chi connectivity index (χ3n) is 3.09. The lowest BCUT2D eigenvalue weighted by Crippen LogP contribution is -2.41. The van der Waals surface area contributed by atoms with E-state index < -0.39 is 23.5 Å². The minimum Gasteiger partial charge on any atom is -0.469 e. The van der Waals surface area contributed by atoms with E-state index in [4.69, 9.17) is 11.6 Å². The fourth-order valence-corrected chi connectivity index (χ4v) is 1.91. The van der Waals surface area contributed by atoms with E-state index in [1.165, 1.54) is 24.3 Å². The van der Waals surface area contributed by atoms with Crippen molar-refractivity contribution in [3.63, 3.8) is 0 Å². The molecule has 0 fully saturated rings. The van der Waals surface area contributed by atoms with E-state index in [0.717, 1.165) is 21.0 Å². The van der Waals surface area contributed by atoms with Gasteiger partial charge in [0.05, 0.1) is 18.4 Å². The molecule has 1 aromatic rings. The van der Waals surface area contributed by atoms with Gasteiger partial charge < -0.3 is 4.74 Å². The van der Waals surface area contributed by atoms with Crippen LogP contribution >= 0.6 is 11.6 Å². The summed E-state index contributed by atoms with van der Waals surface area (Å²) in [4.78, 5) is 11.7. The molecule has 0 saturated heterocycles. The highest BCUT2D eigenvalue weighted by molar-refractivity contribution is 6.30. The molecule has 106 valence electrons. The van der Waals surface area contributed by atoms with E-state index in [1.54, 1.807) is 0 Å². The largest absolute Gasteiger partial charge is 0.469 e. The van der Waals surface area contributed by atoms with Crippen molar-refractivity contribution in [3.8, 4) is 0 Å². The van der Waals surface area contributed by atoms with Gasteiger partial charge in [-0.3, -0.25) is 4.79 Å². The molecule has 0 aliphatic heterocycles. The lowest BCUT2D eigenvalue weighted by Gasteiger charge is -2.34. The van der Waals surface area contributed by atoms with Gasteiger partial charge in [-0.1, -0.05) is 37.6 Å². The SMILES string of the molecule is COC(=O)C(c1ccc(Cl)cc1)C(C)(C)C(F)(F)F. The van der Waals surface area contributed by atoms with Crippen LogP contribution in [0, 0.1) is 5.41 Å². The first-order chi connectivity index (χ1) is 8.61. The van der Waals surface area contributed by atoms with Crippen LogP contribution < -0.4 is 0 Å². The molecule has 1 aromatic carbocycles. The summed E-state index contributed by atoms with van der Waals surface area (Å²) in [5.41, 5.74) is -2.02. The van der Waals surface area contributed by atoms with Gasteiger partial charge in [-0.15, -0.1) is 0 Å². The van der Waals surface area contributed by atoms with E-state index in [2.05, 4.69) is 4.74 Å². The van der Waals surface area contributed by atoms with Crippen molar-refractivity contribution in [1.82, 2.24) is 0 Å². The average molecular weight is 295 g/mol. The molecule has 0 aliphatic carbocycles. The first-order valence-corrected chi connectivity index (χ1v) is 5.89. The van der Waals surface area contributed by atoms with Gasteiger partial charge >= 0.3 is 12.1 Å². The Morgan fingerprint density at radius 2 is 1.68 bits per heavy atom. The number of rotatable bonds is 3. The van der Waals surface area contributed by atoms with Crippen LogP contribution in [0.5, 0.6) is 0 Å². The normalized spacial score (nSPS) is 14.1. The van der Waals surface area contributed by atoms with Gasteiger partial charge in [0.1, 0.15) is 0 Å². The second-order valence-electron chi connectivity index (χ2n) is 4.73. The molecule has 6 heteroatoms. The van der Waals surface area contributed by atoms with Crippen molar-refractivity contribution in [2.75, 3.05) is 7.11 Å².